The number of allylic oxidation sites excluding steroid dienone is 2. The first kappa shape index (κ1) is 19.1. The molecular weight excluding hydrogens is 366 g/mol. The van der Waals surface area contributed by atoms with Crippen molar-refractivity contribution < 1.29 is 19.0 Å². The van der Waals surface area contributed by atoms with Crippen molar-refractivity contribution >= 4 is 11.5 Å². The lowest BCUT2D eigenvalue weighted by atomic mass is 9.82. The number of carbonyl (C=O) groups excluding carboxylic acids is 1. The molecular formula is C24H25NO4. The van der Waals surface area contributed by atoms with E-state index in [1.165, 1.54) is 5.56 Å². The zero-order valence-electron chi connectivity index (χ0n) is 17.2. The van der Waals surface area contributed by atoms with Crippen LogP contribution in [0.25, 0.3) is 5.70 Å². The average molecular weight is 391 g/mol. The summed E-state index contributed by atoms with van der Waals surface area (Å²) in [4.78, 5) is 15.3. The van der Waals surface area contributed by atoms with Crippen LogP contribution in [0.3, 0.4) is 0 Å². The van der Waals surface area contributed by atoms with Crippen LogP contribution in [0.15, 0.2) is 54.1 Å². The van der Waals surface area contributed by atoms with Crippen LogP contribution in [0.4, 0.5) is 0 Å². The third-order valence-electron chi connectivity index (χ3n) is 5.73. The van der Waals surface area contributed by atoms with E-state index < -0.39 is 0 Å². The van der Waals surface area contributed by atoms with Gasteiger partial charge in [-0.15, -0.1) is 0 Å². The molecule has 2 aromatic carbocycles. The molecule has 29 heavy (non-hydrogen) atoms. The molecule has 5 heteroatoms. The molecule has 1 unspecified atom stereocenters. The largest absolute Gasteiger partial charge is 0.497 e. The minimum absolute atomic E-state index is 0.0437. The number of ketones is 1. The SMILES string of the molecule is C/C=C1/C(=O)C=C(c2ccc(OC)cc2)N2CCc3cc(OC)c(OC)cc3C12. The molecule has 0 aliphatic carbocycles. The Morgan fingerprint density at radius 2 is 1.69 bits per heavy atom. The standard InChI is InChI=1S/C24H25NO4/c1-5-18-21(26)14-20(15-6-8-17(27-2)9-7-15)25-11-10-16-12-22(28-3)23(29-4)13-19(16)24(18)25/h5-9,12-14,24H,10-11H2,1-4H3/b18-5-. The van der Waals surface area contributed by atoms with Crippen LogP contribution < -0.4 is 14.2 Å². The van der Waals surface area contributed by atoms with Crippen molar-refractivity contribution in [1.29, 1.82) is 0 Å². The Labute approximate surface area is 171 Å². The molecule has 0 N–H and O–H groups in total. The van der Waals surface area contributed by atoms with E-state index in [1.807, 2.05) is 49.4 Å². The summed E-state index contributed by atoms with van der Waals surface area (Å²) >= 11 is 0. The van der Waals surface area contributed by atoms with Gasteiger partial charge >= 0.3 is 0 Å². The maximum absolute atomic E-state index is 13.0. The molecule has 2 aromatic rings. The van der Waals surface area contributed by atoms with Crippen molar-refractivity contribution in [1.82, 2.24) is 4.90 Å². The van der Waals surface area contributed by atoms with Crippen LogP contribution in [-0.4, -0.2) is 38.6 Å². The molecule has 0 spiro atoms. The second-order valence-corrected chi connectivity index (χ2v) is 7.12. The maximum atomic E-state index is 13.0. The predicted molar refractivity (Wildman–Crippen MR) is 112 cm³/mol. The van der Waals surface area contributed by atoms with Crippen molar-refractivity contribution in [2.24, 2.45) is 0 Å². The summed E-state index contributed by atoms with van der Waals surface area (Å²) < 4.78 is 16.3. The highest BCUT2D eigenvalue weighted by Gasteiger charge is 2.38. The first-order valence-electron chi connectivity index (χ1n) is 9.69. The van der Waals surface area contributed by atoms with Gasteiger partial charge in [-0.05, 0) is 66.4 Å². The maximum Gasteiger partial charge on any atom is 0.186 e. The first-order chi connectivity index (χ1) is 14.1. The minimum atomic E-state index is -0.141. The van der Waals surface area contributed by atoms with E-state index in [-0.39, 0.29) is 11.8 Å². The highest BCUT2D eigenvalue weighted by molar-refractivity contribution is 6.10. The fourth-order valence-corrected chi connectivity index (χ4v) is 4.28. The van der Waals surface area contributed by atoms with Gasteiger partial charge in [0.1, 0.15) is 5.75 Å². The number of rotatable bonds is 4. The summed E-state index contributed by atoms with van der Waals surface area (Å²) in [7, 11) is 4.93. The van der Waals surface area contributed by atoms with E-state index in [0.717, 1.165) is 46.9 Å². The summed E-state index contributed by atoms with van der Waals surface area (Å²) in [6.07, 6.45) is 4.54. The second kappa shape index (κ2) is 7.66. The Hall–Kier alpha value is -3.21. The fraction of sp³-hybridized carbons (Fsp3) is 0.292. The molecule has 0 amide bonds. The van der Waals surface area contributed by atoms with Gasteiger partial charge in [-0.2, -0.15) is 0 Å². The van der Waals surface area contributed by atoms with Crippen molar-refractivity contribution in [3.63, 3.8) is 0 Å². The Bertz CT molecular complexity index is 1000. The lowest BCUT2D eigenvalue weighted by Gasteiger charge is -2.43. The van der Waals surface area contributed by atoms with Gasteiger partial charge in [0.2, 0.25) is 0 Å². The van der Waals surface area contributed by atoms with Crippen molar-refractivity contribution in [3.05, 3.63) is 70.8 Å². The summed E-state index contributed by atoms with van der Waals surface area (Å²) in [6, 6.07) is 11.8. The molecule has 2 heterocycles. The van der Waals surface area contributed by atoms with E-state index in [2.05, 4.69) is 4.90 Å². The second-order valence-electron chi connectivity index (χ2n) is 7.12. The Morgan fingerprint density at radius 3 is 2.31 bits per heavy atom. The molecule has 1 atom stereocenters. The van der Waals surface area contributed by atoms with Gasteiger partial charge in [-0.1, -0.05) is 6.08 Å². The molecule has 0 saturated heterocycles. The number of fused-ring (bicyclic) bond motifs is 3. The number of carbonyl (C=O) groups is 1. The number of ether oxygens (including phenoxy) is 3. The number of hydrogen-bond acceptors (Lipinski definition) is 5. The highest BCUT2D eigenvalue weighted by atomic mass is 16.5. The van der Waals surface area contributed by atoms with Gasteiger partial charge in [0.15, 0.2) is 17.3 Å². The van der Waals surface area contributed by atoms with Gasteiger partial charge in [0.25, 0.3) is 0 Å². The topological polar surface area (TPSA) is 48.0 Å². The van der Waals surface area contributed by atoms with Crippen molar-refractivity contribution in [2.45, 2.75) is 19.4 Å². The Balaban J connectivity index is 1.84. The van der Waals surface area contributed by atoms with Crippen LogP contribution in [0.1, 0.15) is 29.7 Å². The third kappa shape index (κ3) is 3.16. The van der Waals surface area contributed by atoms with Crippen LogP contribution in [0.5, 0.6) is 17.2 Å². The van der Waals surface area contributed by atoms with Gasteiger partial charge in [0.05, 0.1) is 27.4 Å². The number of benzene rings is 2. The van der Waals surface area contributed by atoms with E-state index in [9.17, 15) is 4.79 Å². The van der Waals surface area contributed by atoms with Crippen LogP contribution in [-0.2, 0) is 11.2 Å². The zero-order chi connectivity index (χ0) is 20.5. The number of nitrogens with zero attached hydrogens (tertiary/aromatic N) is 1. The molecule has 2 aliphatic heterocycles. The molecule has 0 aromatic heterocycles. The van der Waals surface area contributed by atoms with Crippen LogP contribution in [0, 0.1) is 0 Å². The van der Waals surface area contributed by atoms with E-state index in [4.69, 9.17) is 14.2 Å². The molecule has 2 aliphatic rings. The number of hydrogen-bond donors (Lipinski definition) is 0. The van der Waals surface area contributed by atoms with Gasteiger partial charge in [-0.25, -0.2) is 0 Å². The predicted octanol–water partition coefficient (Wildman–Crippen LogP) is 4.18. The molecule has 5 nitrogen and oxygen atoms in total. The lowest BCUT2D eigenvalue weighted by molar-refractivity contribution is -0.112. The van der Waals surface area contributed by atoms with Crippen molar-refractivity contribution in [3.8, 4) is 17.2 Å². The normalized spacial score (nSPS) is 19.4. The monoisotopic (exact) mass is 391 g/mol. The molecule has 0 fully saturated rings. The summed E-state index contributed by atoms with van der Waals surface area (Å²) in [5, 5.41) is 0. The Morgan fingerprint density at radius 1 is 1.00 bits per heavy atom. The van der Waals surface area contributed by atoms with E-state index in [0.29, 0.717) is 5.75 Å². The number of methoxy groups -OCH3 is 3. The molecule has 0 radical (unpaired) electrons. The minimum Gasteiger partial charge on any atom is -0.497 e. The molecule has 0 bridgehead atoms. The highest BCUT2D eigenvalue weighted by Crippen LogP contribution is 2.46. The third-order valence-corrected chi connectivity index (χ3v) is 5.73. The quantitative estimate of drug-likeness (QED) is 0.732. The van der Waals surface area contributed by atoms with Crippen LogP contribution in [0.2, 0.25) is 0 Å². The molecule has 150 valence electrons. The smallest absolute Gasteiger partial charge is 0.186 e. The first-order valence-corrected chi connectivity index (χ1v) is 9.69. The Kier molecular flexibility index (Phi) is 5.05. The lowest BCUT2D eigenvalue weighted by Crippen LogP contribution is -2.39. The summed E-state index contributed by atoms with van der Waals surface area (Å²) in [6.45, 7) is 2.74. The van der Waals surface area contributed by atoms with Gasteiger partial charge in [-0.3, -0.25) is 4.79 Å². The summed E-state index contributed by atoms with van der Waals surface area (Å²) in [5.74, 6) is 2.23. The zero-order valence-corrected chi connectivity index (χ0v) is 17.2. The van der Waals surface area contributed by atoms with Gasteiger partial charge in [0, 0.05) is 23.9 Å². The molecule has 0 saturated carbocycles. The fourth-order valence-electron chi connectivity index (χ4n) is 4.28. The van der Waals surface area contributed by atoms with E-state index >= 15 is 0 Å². The van der Waals surface area contributed by atoms with Gasteiger partial charge < -0.3 is 19.1 Å². The van der Waals surface area contributed by atoms with Crippen molar-refractivity contribution in [2.75, 3.05) is 27.9 Å². The van der Waals surface area contributed by atoms with E-state index in [1.54, 1.807) is 27.4 Å². The molecule has 4 rings (SSSR count). The average Bonchev–Trinajstić information content (AvgIpc) is 2.77. The summed E-state index contributed by atoms with van der Waals surface area (Å²) in [5.41, 5.74) is 5.01. The van der Waals surface area contributed by atoms with Crippen LogP contribution >= 0.6 is 0 Å².